The first-order valence-electron chi connectivity index (χ1n) is 7.87. The number of rotatable bonds is 7. The molecule has 128 valence electrons. The zero-order valence-electron chi connectivity index (χ0n) is 13.7. The van der Waals surface area contributed by atoms with E-state index in [0.29, 0.717) is 11.6 Å². The van der Waals surface area contributed by atoms with Crippen molar-refractivity contribution in [3.63, 3.8) is 0 Å². The van der Waals surface area contributed by atoms with Crippen molar-refractivity contribution >= 4 is 23.4 Å². The Balaban J connectivity index is 1.99. The lowest BCUT2D eigenvalue weighted by atomic mass is 9.98. The zero-order chi connectivity index (χ0) is 17.5. The van der Waals surface area contributed by atoms with Crippen molar-refractivity contribution in [2.45, 2.75) is 32.9 Å². The molecule has 0 saturated carbocycles. The zero-order valence-corrected chi connectivity index (χ0v) is 14.5. The Morgan fingerprint density at radius 1 is 1.21 bits per heavy atom. The van der Waals surface area contributed by atoms with Crippen LogP contribution in [0.2, 0.25) is 5.02 Å². The van der Waals surface area contributed by atoms with Crippen LogP contribution >= 0.6 is 11.6 Å². The fourth-order valence-electron chi connectivity index (χ4n) is 2.22. The number of halogens is 1. The van der Waals surface area contributed by atoms with E-state index in [1.54, 1.807) is 24.3 Å². The molecule has 1 aromatic heterocycles. The Bertz CT molecular complexity index is 668. The fraction of sp³-hybridized carbons (Fsp3) is 0.333. The van der Waals surface area contributed by atoms with Gasteiger partial charge in [-0.15, -0.1) is 0 Å². The number of amides is 2. The highest BCUT2D eigenvalue weighted by Crippen LogP contribution is 2.12. The lowest BCUT2D eigenvalue weighted by molar-refractivity contribution is -0.124. The highest BCUT2D eigenvalue weighted by Gasteiger charge is 2.26. The van der Waals surface area contributed by atoms with Gasteiger partial charge in [0, 0.05) is 11.6 Å². The Morgan fingerprint density at radius 2 is 1.92 bits per heavy atom. The second kappa shape index (κ2) is 8.55. The summed E-state index contributed by atoms with van der Waals surface area (Å²) in [5.74, 6) is -0.436. The molecular formula is C18H21ClN2O3. The quantitative estimate of drug-likeness (QED) is 0.805. The molecule has 0 radical (unpaired) electrons. The average molecular weight is 349 g/mol. The number of furan rings is 1. The number of benzene rings is 1. The molecule has 0 aliphatic rings. The van der Waals surface area contributed by atoms with Gasteiger partial charge in [-0.05, 0) is 35.7 Å². The van der Waals surface area contributed by atoms with Gasteiger partial charge in [-0.25, -0.2) is 0 Å². The molecule has 2 atom stereocenters. The van der Waals surface area contributed by atoms with Crippen LogP contribution in [0.3, 0.4) is 0 Å². The number of hydrogen-bond acceptors (Lipinski definition) is 3. The van der Waals surface area contributed by atoms with Crippen molar-refractivity contribution in [3.05, 3.63) is 59.0 Å². The first-order valence-corrected chi connectivity index (χ1v) is 8.25. The summed E-state index contributed by atoms with van der Waals surface area (Å²) in [7, 11) is 0. The molecule has 0 bridgehead atoms. The molecule has 2 rings (SSSR count). The predicted molar refractivity (Wildman–Crippen MR) is 92.7 cm³/mol. The van der Waals surface area contributed by atoms with Gasteiger partial charge in [0.1, 0.15) is 6.04 Å². The van der Waals surface area contributed by atoms with Crippen LogP contribution in [0.1, 0.15) is 36.4 Å². The molecule has 6 heteroatoms. The summed E-state index contributed by atoms with van der Waals surface area (Å²) >= 11 is 5.85. The van der Waals surface area contributed by atoms with E-state index in [1.165, 1.54) is 6.26 Å². The van der Waals surface area contributed by atoms with Crippen LogP contribution in [0.5, 0.6) is 0 Å². The van der Waals surface area contributed by atoms with Crippen LogP contribution in [0.4, 0.5) is 0 Å². The average Bonchev–Trinajstić information content (AvgIpc) is 3.12. The first kappa shape index (κ1) is 18.1. The number of hydrogen-bond donors (Lipinski definition) is 2. The second-order valence-electron chi connectivity index (χ2n) is 5.66. The summed E-state index contributed by atoms with van der Waals surface area (Å²) in [6.07, 6.45) is 2.19. The molecule has 24 heavy (non-hydrogen) atoms. The van der Waals surface area contributed by atoms with Gasteiger partial charge in [-0.2, -0.15) is 0 Å². The molecule has 0 aliphatic carbocycles. The molecule has 1 aromatic carbocycles. The van der Waals surface area contributed by atoms with Gasteiger partial charge < -0.3 is 15.1 Å². The van der Waals surface area contributed by atoms with E-state index >= 15 is 0 Å². The highest BCUT2D eigenvalue weighted by molar-refractivity contribution is 6.30. The minimum absolute atomic E-state index is 0.00544. The fourth-order valence-corrected chi connectivity index (χ4v) is 2.35. The predicted octanol–water partition coefficient (Wildman–Crippen LogP) is 3.39. The molecule has 0 aliphatic heterocycles. The molecule has 2 N–H and O–H groups in total. The third-order valence-corrected chi connectivity index (χ3v) is 4.16. The van der Waals surface area contributed by atoms with Gasteiger partial charge in [-0.3, -0.25) is 9.59 Å². The van der Waals surface area contributed by atoms with E-state index in [1.807, 2.05) is 26.0 Å². The molecule has 0 fully saturated rings. The summed E-state index contributed by atoms with van der Waals surface area (Å²) in [6, 6.07) is 9.81. The van der Waals surface area contributed by atoms with Crippen LogP contribution < -0.4 is 10.6 Å². The molecule has 0 saturated heterocycles. The second-order valence-corrected chi connectivity index (χ2v) is 6.09. The topological polar surface area (TPSA) is 71.3 Å². The third kappa shape index (κ3) is 4.86. The van der Waals surface area contributed by atoms with Crippen LogP contribution in [0.25, 0.3) is 0 Å². The summed E-state index contributed by atoms with van der Waals surface area (Å²) in [6.45, 7) is 4.28. The Hall–Kier alpha value is -2.27. The SMILES string of the molecule is CC[C@H](C)[C@H](NC(=O)c1ccco1)C(=O)NCc1ccc(Cl)cc1. The summed E-state index contributed by atoms with van der Waals surface area (Å²) < 4.78 is 5.07. The Labute approximate surface area is 146 Å². The standard InChI is InChI=1S/C18H21ClN2O3/c1-3-12(2)16(21-17(22)15-5-4-10-24-15)18(23)20-11-13-6-8-14(19)9-7-13/h4-10,12,16H,3,11H2,1-2H3,(H,20,23)(H,21,22)/t12-,16-/m0/s1. The van der Waals surface area contributed by atoms with Crippen LogP contribution in [-0.2, 0) is 11.3 Å². The van der Waals surface area contributed by atoms with E-state index in [9.17, 15) is 9.59 Å². The monoisotopic (exact) mass is 348 g/mol. The van der Waals surface area contributed by atoms with E-state index in [4.69, 9.17) is 16.0 Å². The Kier molecular flexibility index (Phi) is 6.44. The van der Waals surface area contributed by atoms with Gasteiger partial charge in [0.25, 0.3) is 5.91 Å². The summed E-state index contributed by atoms with van der Waals surface area (Å²) in [5.41, 5.74) is 0.938. The van der Waals surface area contributed by atoms with E-state index in [0.717, 1.165) is 12.0 Å². The maximum atomic E-state index is 12.5. The minimum atomic E-state index is -0.625. The number of nitrogens with one attached hydrogen (secondary N) is 2. The van der Waals surface area contributed by atoms with Gasteiger partial charge >= 0.3 is 0 Å². The van der Waals surface area contributed by atoms with E-state index in [2.05, 4.69) is 10.6 Å². The highest BCUT2D eigenvalue weighted by atomic mass is 35.5. The largest absolute Gasteiger partial charge is 0.459 e. The minimum Gasteiger partial charge on any atom is -0.459 e. The van der Waals surface area contributed by atoms with Crippen molar-refractivity contribution in [1.29, 1.82) is 0 Å². The van der Waals surface area contributed by atoms with Gasteiger partial charge in [0.2, 0.25) is 5.91 Å². The van der Waals surface area contributed by atoms with Crippen molar-refractivity contribution in [2.24, 2.45) is 5.92 Å². The normalized spacial score (nSPS) is 13.1. The smallest absolute Gasteiger partial charge is 0.287 e. The van der Waals surface area contributed by atoms with Crippen LogP contribution in [0, 0.1) is 5.92 Å². The Morgan fingerprint density at radius 3 is 2.50 bits per heavy atom. The van der Waals surface area contributed by atoms with Crippen LogP contribution in [-0.4, -0.2) is 17.9 Å². The van der Waals surface area contributed by atoms with Crippen LogP contribution in [0.15, 0.2) is 47.1 Å². The summed E-state index contributed by atoms with van der Waals surface area (Å²) in [5, 5.41) is 6.25. The van der Waals surface area contributed by atoms with Crippen molar-refractivity contribution in [2.75, 3.05) is 0 Å². The van der Waals surface area contributed by atoms with E-state index in [-0.39, 0.29) is 17.6 Å². The number of carbonyl (C=O) groups excluding carboxylic acids is 2. The summed E-state index contributed by atoms with van der Waals surface area (Å²) in [4.78, 5) is 24.7. The van der Waals surface area contributed by atoms with Crippen molar-refractivity contribution < 1.29 is 14.0 Å². The number of carbonyl (C=O) groups is 2. The lowest BCUT2D eigenvalue weighted by Crippen LogP contribution is -2.50. The molecule has 1 heterocycles. The lowest BCUT2D eigenvalue weighted by Gasteiger charge is -2.23. The van der Waals surface area contributed by atoms with Crippen molar-refractivity contribution in [3.8, 4) is 0 Å². The van der Waals surface area contributed by atoms with Gasteiger partial charge in [0.05, 0.1) is 6.26 Å². The maximum Gasteiger partial charge on any atom is 0.287 e. The maximum absolute atomic E-state index is 12.5. The molecular weight excluding hydrogens is 328 g/mol. The van der Waals surface area contributed by atoms with Crippen molar-refractivity contribution in [1.82, 2.24) is 10.6 Å². The van der Waals surface area contributed by atoms with Gasteiger partial charge in [0.15, 0.2) is 5.76 Å². The molecule has 2 amide bonds. The third-order valence-electron chi connectivity index (χ3n) is 3.91. The first-order chi connectivity index (χ1) is 11.5. The van der Waals surface area contributed by atoms with Gasteiger partial charge in [-0.1, -0.05) is 44.0 Å². The molecule has 5 nitrogen and oxygen atoms in total. The van der Waals surface area contributed by atoms with E-state index < -0.39 is 11.9 Å². The molecule has 0 unspecified atom stereocenters. The molecule has 2 aromatic rings. The molecule has 0 spiro atoms.